The van der Waals surface area contributed by atoms with E-state index in [9.17, 15) is 0 Å². The summed E-state index contributed by atoms with van der Waals surface area (Å²) in [6, 6.07) is 0.631. The predicted molar refractivity (Wildman–Crippen MR) is 65.7 cm³/mol. The van der Waals surface area contributed by atoms with Crippen molar-refractivity contribution in [3.63, 3.8) is 0 Å². The van der Waals surface area contributed by atoms with Gasteiger partial charge in [0.15, 0.2) is 5.82 Å². The van der Waals surface area contributed by atoms with Crippen molar-refractivity contribution in [2.45, 2.75) is 45.1 Å². The van der Waals surface area contributed by atoms with Crippen molar-refractivity contribution in [2.24, 2.45) is 5.73 Å². The van der Waals surface area contributed by atoms with Gasteiger partial charge in [-0.2, -0.15) is 4.98 Å². The fourth-order valence-electron chi connectivity index (χ4n) is 2.33. The standard InChI is InChI=1S/C12H22N4O/c1-9(2)16-7-4-10(5-8-16)12-14-11(3-6-13)15-17-12/h9-10H,3-8,13H2,1-2H3. The largest absolute Gasteiger partial charge is 0.339 e. The molecule has 2 rings (SSSR count). The molecule has 0 radical (unpaired) electrons. The van der Waals surface area contributed by atoms with Gasteiger partial charge in [-0.15, -0.1) is 0 Å². The molecule has 0 atom stereocenters. The van der Waals surface area contributed by atoms with Gasteiger partial charge in [0.2, 0.25) is 5.89 Å². The van der Waals surface area contributed by atoms with E-state index in [0.29, 0.717) is 24.9 Å². The molecule has 0 spiro atoms. The van der Waals surface area contributed by atoms with Gasteiger partial charge in [0, 0.05) is 18.4 Å². The lowest BCUT2D eigenvalue weighted by molar-refractivity contribution is 0.160. The maximum atomic E-state index is 5.47. The Morgan fingerprint density at radius 3 is 2.71 bits per heavy atom. The molecule has 1 aromatic rings. The molecule has 0 saturated carbocycles. The van der Waals surface area contributed by atoms with Crippen LogP contribution in [-0.2, 0) is 6.42 Å². The highest BCUT2D eigenvalue weighted by Crippen LogP contribution is 2.27. The Labute approximate surface area is 102 Å². The van der Waals surface area contributed by atoms with Crippen molar-refractivity contribution in [2.75, 3.05) is 19.6 Å². The fourth-order valence-corrected chi connectivity index (χ4v) is 2.33. The molecule has 0 unspecified atom stereocenters. The Balaban J connectivity index is 1.91. The molecule has 1 aromatic heterocycles. The third kappa shape index (κ3) is 3.04. The van der Waals surface area contributed by atoms with Gasteiger partial charge in [0.1, 0.15) is 0 Å². The molecule has 0 amide bonds. The van der Waals surface area contributed by atoms with E-state index in [-0.39, 0.29) is 0 Å². The van der Waals surface area contributed by atoms with E-state index in [4.69, 9.17) is 10.3 Å². The van der Waals surface area contributed by atoms with Gasteiger partial charge in [0.05, 0.1) is 0 Å². The van der Waals surface area contributed by atoms with Crippen LogP contribution < -0.4 is 5.73 Å². The van der Waals surface area contributed by atoms with Crippen molar-refractivity contribution >= 4 is 0 Å². The van der Waals surface area contributed by atoms with Gasteiger partial charge in [-0.1, -0.05) is 5.16 Å². The minimum atomic E-state index is 0.434. The van der Waals surface area contributed by atoms with E-state index in [0.717, 1.165) is 37.6 Å². The van der Waals surface area contributed by atoms with Crippen LogP contribution in [0.3, 0.4) is 0 Å². The van der Waals surface area contributed by atoms with Crippen LogP contribution in [0, 0.1) is 0 Å². The summed E-state index contributed by atoms with van der Waals surface area (Å²) in [7, 11) is 0. The summed E-state index contributed by atoms with van der Waals surface area (Å²) in [5.74, 6) is 1.98. The lowest BCUT2D eigenvalue weighted by Gasteiger charge is -2.33. The molecular weight excluding hydrogens is 216 g/mol. The summed E-state index contributed by atoms with van der Waals surface area (Å²) < 4.78 is 5.32. The first-order chi connectivity index (χ1) is 8.20. The number of piperidine rings is 1. The summed E-state index contributed by atoms with van der Waals surface area (Å²) in [5.41, 5.74) is 5.47. The van der Waals surface area contributed by atoms with Crippen molar-refractivity contribution in [3.8, 4) is 0 Å². The van der Waals surface area contributed by atoms with Crippen LogP contribution >= 0.6 is 0 Å². The Kier molecular flexibility index (Phi) is 4.12. The van der Waals surface area contributed by atoms with Crippen LogP contribution in [0.2, 0.25) is 0 Å². The smallest absolute Gasteiger partial charge is 0.229 e. The molecular formula is C12H22N4O. The van der Waals surface area contributed by atoms with Crippen molar-refractivity contribution in [1.82, 2.24) is 15.0 Å². The monoisotopic (exact) mass is 238 g/mol. The molecule has 2 heterocycles. The first kappa shape index (κ1) is 12.5. The van der Waals surface area contributed by atoms with Crippen LogP contribution in [0.5, 0.6) is 0 Å². The number of hydrogen-bond donors (Lipinski definition) is 1. The Morgan fingerprint density at radius 2 is 2.12 bits per heavy atom. The Bertz CT molecular complexity index is 342. The van der Waals surface area contributed by atoms with Gasteiger partial charge in [0.25, 0.3) is 0 Å². The van der Waals surface area contributed by atoms with Gasteiger partial charge in [-0.05, 0) is 46.3 Å². The minimum Gasteiger partial charge on any atom is -0.339 e. The van der Waals surface area contributed by atoms with Crippen LogP contribution in [-0.4, -0.2) is 40.7 Å². The highest BCUT2D eigenvalue weighted by molar-refractivity contribution is 4.97. The number of nitrogens with two attached hydrogens (primary N) is 1. The van der Waals surface area contributed by atoms with Crippen LogP contribution in [0.1, 0.15) is 44.3 Å². The molecule has 1 aliphatic heterocycles. The van der Waals surface area contributed by atoms with Crippen LogP contribution in [0.4, 0.5) is 0 Å². The molecule has 1 saturated heterocycles. The third-order valence-electron chi connectivity index (χ3n) is 3.46. The zero-order valence-electron chi connectivity index (χ0n) is 10.7. The maximum Gasteiger partial charge on any atom is 0.229 e. The van der Waals surface area contributed by atoms with Gasteiger partial charge < -0.3 is 15.2 Å². The molecule has 0 bridgehead atoms. The molecule has 5 heteroatoms. The zero-order valence-corrected chi connectivity index (χ0v) is 10.7. The van der Waals surface area contributed by atoms with E-state index in [1.54, 1.807) is 0 Å². The van der Waals surface area contributed by atoms with Crippen molar-refractivity contribution in [3.05, 3.63) is 11.7 Å². The van der Waals surface area contributed by atoms with E-state index < -0.39 is 0 Å². The average molecular weight is 238 g/mol. The number of rotatable bonds is 4. The lowest BCUT2D eigenvalue weighted by atomic mass is 9.96. The van der Waals surface area contributed by atoms with Crippen LogP contribution in [0.15, 0.2) is 4.52 Å². The number of likely N-dealkylation sites (tertiary alicyclic amines) is 1. The predicted octanol–water partition coefficient (Wildman–Crippen LogP) is 1.16. The quantitative estimate of drug-likeness (QED) is 0.852. The second-order valence-electron chi connectivity index (χ2n) is 4.99. The second kappa shape index (κ2) is 5.60. The molecule has 0 aromatic carbocycles. The molecule has 17 heavy (non-hydrogen) atoms. The highest BCUT2D eigenvalue weighted by Gasteiger charge is 2.25. The van der Waals surface area contributed by atoms with Crippen molar-refractivity contribution < 1.29 is 4.52 Å². The molecule has 1 aliphatic rings. The zero-order chi connectivity index (χ0) is 12.3. The fraction of sp³-hybridized carbons (Fsp3) is 0.833. The summed E-state index contributed by atoms with van der Waals surface area (Å²) in [6.07, 6.45) is 2.93. The first-order valence-electron chi connectivity index (χ1n) is 6.47. The van der Waals surface area contributed by atoms with E-state index in [2.05, 4.69) is 28.9 Å². The highest BCUT2D eigenvalue weighted by atomic mass is 16.5. The SMILES string of the molecule is CC(C)N1CCC(c2nc(CCN)no2)CC1. The molecule has 96 valence electrons. The molecule has 0 aliphatic carbocycles. The number of aromatic nitrogens is 2. The van der Waals surface area contributed by atoms with E-state index in [1.807, 2.05) is 0 Å². The summed E-state index contributed by atoms with van der Waals surface area (Å²) in [6.45, 7) is 7.30. The topological polar surface area (TPSA) is 68.2 Å². The maximum absolute atomic E-state index is 5.47. The van der Waals surface area contributed by atoms with E-state index >= 15 is 0 Å². The minimum absolute atomic E-state index is 0.434. The van der Waals surface area contributed by atoms with Gasteiger partial charge in [-0.25, -0.2) is 0 Å². The second-order valence-corrected chi connectivity index (χ2v) is 4.99. The van der Waals surface area contributed by atoms with E-state index in [1.165, 1.54) is 0 Å². The van der Waals surface area contributed by atoms with Crippen LogP contribution in [0.25, 0.3) is 0 Å². The number of hydrogen-bond acceptors (Lipinski definition) is 5. The van der Waals surface area contributed by atoms with Gasteiger partial charge in [-0.3, -0.25) is 0 Å². The Hall–Kier alpha value is -0.940. The molecule has 2 N–H and O–H groups in total. The first-order valence-corrected chi connectivity index (χ1v) is 6.47. The summed E-state index contributed by atoms with van der Waals surface area (Å²) in [4.78, 5) is 6.91. The number of nitrogens with zero attached hydrogens (tertiary/aromatic N) is 3. The third-order valence-corrected chi connectivity index (χ3v) is 3.46. The van der Waals surface area contributed by atoms with Gasteiger partial charge >= 0.3 is 0 Å². The molecule has 1 fully saturated rings. The van der Waals surface area contributed by atoms with Crippen molar-refractivity contribution in [1.29, 1.82) is 0 Å². The lowest BCUT2D eigenvalue weighted by Crippen LogP contribution is -2.37. The average Bonchev–Trinajstić information content (AvgIpc) is 2.78. The normalized spacial score (nSPS) is 19.1. The summed E-state index contributed by atoms with van der Waals surface area (Å²) in [5, 5.41) is 3.96. The molecule has 5 nitrogen and oxygen atoms in total. The Morgan fingerprint density at radius 1 is 1.41 bits per heavy atom. The summed E-state index contributed by atoms with van der Waals surface area (Å²) >= 11 is 0.